The number of aromatic nitrogens is 2. The van der Waals surface area contributed by atoms with Crippen molar-refractivity contribution in [3.8, 4) is 0 Å². The van der Waals surface area contributed by atoms with E-state index >= 15 is 0 Å². The largest absolute Gasteiger partial charge is 0.481 e. The summed E-state index contributed by atoms with van der Waals surface area (Å²) >= 11 is 7.86. The second-order valence-electron chi connectivity index (χ2n) is 8.27. The molecule has 1 N–H and O–H groups in total. The fourth-order valence-electron chi connectivity index (χ4n) is 4.39. The molecule has 4 nitrogen and oxygen atoms in total. The van der Waals surface area contributed by atoms with Gasteiger partial charge in [0.15, 0.2) is 0 Å². The van der Waals surface area contributed by atoms with E-state index in [9.17, 15) is 14.3 Å². The van der Waals surface area contributed by atoms with Gasteiger partial charge < -0.3 is 9.67 Å². The van der Waals surface area contributed by atoms with Crippen molar-refractivity contribution in [3.05, 3.63) is 52.7 Å². The van der Waals surface area contributed by atoms with E-state index in [0.29, 0.717) is 10.9 Å². The van der Waals surface area contributed by atoms with Crippen molar-refractivity contribution in [1.29, 1.82) is 0 Å². The first-order valence-electron chi connectivity index (χ1n) is 10.2. The lowest BCUT2D eigenvalue weighted by Crippen LogP contribution is -2.18. The van der Waals surface area contributed by atoms with Crippen LogP contribution in [0.15, 0.2) is 40.4 Å². The summed E-state index contributed by atoms with van der Waals surface area (Å²) in [6.07, 6.45) is 6.53. The van der Waals surface area contributed by atoms with E-state index in [-0.39, 0.29) is 18.2 Å². The number of hydrogen-bond acceptors (Lipinski definition) is 3. The van der Waals surface area contributed by atoms with Gasteiger partial charge in [-0.2, -0.15) is 0 Å². The van der Waals surface area contributed by atoms with Crippen LogP contribution in [0.1, 0.15) is 50.3 Å². The van der Waals surface area contributed by atoms with Gasteiger partial charge in [0.1, 0.15) is 5.82 Å². The number of hydrogen-bond donors (Lipinski definition) is 1. The van der Waals surface area contributed by atoms with Gasteiger partial charge >= 0.3 is 5.97 Å². The lowest BCUT2D eigenvalue weighted by atomic mass is 9.92. The molecule has 1 aliphatic rings. The summed E-state index contributed by atoms with van der Waals surface area (Å²) in [5.74, 6) is -0.787. The maximum Gasteiger partial charge on any atom is 0.304 e. The Morgan fingerprint density at radius 1 is 1.40 bits per heavy atom. The van der Waals surface area contributed by atoms with Gasteiger partial charge in [0.2, 0.25) is 0 Å². The zero-order chi connectivity index (χ0) is 21.4. The second-order valence-corrected chi connectivity index (χ2v) is 9.73. The Balaban J connectivity index is 1.95. The monoisotopic (exact) mass is 446 g/mol. The van der Waals surface area contributed by atoms with E-state index in [1.807, 2.05) is 12.4 Å². The van der Waals surface area contributed by atoms with Gasteiger partial charge in [0.05, 0.1) is 23.2 Å². The van der Waals surface area contributed by atoms with Crippen LogP contribution in [-0.2, 0) is 17.8 Å². The molecule has 158 valence electrons. The number of rotatable bonds is 6. The van der Waals surface area contributed by atoms with E-state index in [2.05, 4.69) is 23.4 Å². The second kappa shape index (κ2) is 8.60. The zero-order valence-electron chi connectivity index (χ0n) is 17.0. The maximum absolute atomic E-state index is 13.6. The van der Waals surface area contributed by atoms with E-state index in [1.165, 1.54) is 23.9 Å². The lowest BCUT2D eigenvalue weighted by Gasteiger charge is -2.25. The smallest absolute Gasteiger partial charge is 0.304 e. The molecule has 0 aliphatic carbocycles. The van der Waals surface area contributed by atoms with E-state index in [4.69, 9.17) is 11.6 Å². The average molecular weight is 447 g/mol. The topological polar surface area (TPSA) is 55.1 Å². The highest BCUT2D eigenvalue weighted by Gasteiger charge is 2.31. The van der Waals surface area contributed by atoms with Crippen LogP contribution >= 0.6 is 23.4 Å². The van der Waals surface area contributed by atoms with Crippen LogP contribution in [-0.4, -0.2) is 20.6 Å². The average Bonchev–Trinajstić information content (AvgIpc) is 2.99. The number of carboxylic acids is 1. The van der Waals surface area contributed by atoms with E-state index < -0.39 is 5.97 Å². The zero-order valence-corrected chi connectivity index (χ0v) is 18.6. The molecule has 3 heterocycles. The normalized spacial score (nSPS) is 16.2. The molecule has 30 heavy (non-hydrogen) atoms. The number of aliphatic carboxylic acids is 1. The molecule has 0 bridgehead atoms. The van der Waals surface area contributed by atoms with Crippen molar-refractivity contribution in [1.82, 2.24) is 9.55 Å². The third-order valence-electron chi connectivity index (χ3n) is 5.52. The van der Waals surface area contributed by atoms with Crippen molar-refractivity contribution < 1.29 is 14.3 Å². The minimum atomic E-state index is -0.796. The predicted molar refractivity (Wildman–Crippen MR) is 118 cm³/mol. The van der Waals surface area contributed by atoms with Crippen molar-refractivity contribution in [2.75, 3.05) is 0 Å². The first kappa shape index (κ1) is 21.2. The number of nitrogens with zero attached hydrogens (tertiary/aromatic N) is 2. The molecule has 0 fully saturated rings. The molecule has 0 amide bonds. The maximum atomic E-state index is 13.6. The van der Waals surface area contributed by atoms with Crippen molar-refractivity contribution in [2.45, 2.75) is 61.8 Å². The van der Waals surface area contributed by atoms with Gasteiger partial charge in [0.25, 0.3) is 0 Å². The summed E-state index contributed by atoms with van der Waals surface area (Å²) in [6, 6.07) is 4.42. The number of fused-ring (bicyclic) bond motifs is 3. The number of carboxylic acid groups (broad SMARTS) is 1. The van der Waals surface area contributed by atoms with Gasteiger partial charge in [-0.15, -0.1) is 0 Å². The molecule has 0 radical (unpaired) electrons. The molecule has 0 saturated heterocycles. The summed E-state index contributed by atoms with van der Waals surface area (Å²) < 4.78 is 15.8. The number of halogens is 2. The molecule has 2 aromatic heterocycles. The number of benzene rings is 1. The van der Waals surface area contributed by atoms with Crippen LogP contribution in [0, 0.1) is 11.7 Å². The number of pyridine rings is 1. The number of aryl methyl sites for hydroxylation is 1. The van der Waals surface area contributed by atoms with Crippen LogP contribution < -0.4 is 0 Å². The predicted octanol–water partition coefficient (Wildman–Crippen LogP) is 6.53. The summed E-state index contributed by atoms with van der Waals surface area (Å²) in [5.41, 5.74) is 3.24. The molecule has 0 spiro atoms. The molecule has 1 unspecified atom stereocenters. The molecule has 1 aliphatic heterocycles. The van der Waals surface area contributed by atoms with Crippen LogP contribution in [0.3, 0.4) is 0 Å². The van der Waals surface area contributed by atoms with Gasteiger partial charge in [-0.25, -0.2) is 4.39 Å². The molecule has 0 saturated carbocycles. The Bertz CT molecular complexity index is 1110. The van der Waals surface area contributed by atoms with Crippen molar-refractivity contribution in [2.24, 2.45) is 5.92 Å². The number of carbonyl (C=O) groups is 1. The highest BCUT2D eigenvalue weighted by Crippen LogP contribution is 2.48. The van der Waals surface area contributed by atoms with Crippen LogP contribution in [0.25, 0.3) is 10.9 Å². The summed E-state index contributed by atoms with van der Waals surface area (Å²) in [6.45, 7) is 5.18. The summed E-state index contributed by atoms with van der Waals surface area (Å²) in [5, 5.41) is 11.0. The summed E-state index contributed by atoms with van der Waals surface area (Å²) in [7, 11) is 0. The molecular weight excluding hydrogens is 423 g/mol. The van der Waals surface area contributed by atoms with Crippen LogP contribution in [0.5, 0.6) is 0 Å². The van der Waals surface area contributed by atoms with Gasteiger partial charge in [-0.1, -0.05) is 37.2 Å². The Labute approximate surface area is 184 Å². The summed E-state index contributed by atoms with van der Waals surface area (Å²) in [4.78, 5) is 17.9. The third-order valence-corrected chi connectivity index (χ3v) is 7.14. The van der Waals surface area contributed by atoms with E-state index in [0.717, 1.165) is 57.8 Å². The minimum Gasteiger partial charge on any atom is -0.481 e. The molecule has 4 rings (SSSR count). The molecule has 1 atom stereocenters. The van der Waals surface area contributed by atoms with Crippen molar-refractivity contribution >= 4 is 40.2 Å². The van der Waals surface area contributed by atoms with E-state index in [1.54, 1.807) is 6.07 Å². The fourth-order valence-corrected chi connectivity index (χ4v) is 5.91. The Morgan fingerprint density at radius 2 is 2.20 bits per heavy atom. The highest BCUT2D eigenvalue weighted by atomic mass is 35.5. The molecule has 1 aromatic carbocycles. The van der Waals surface area contributed by atoms with Crippen LogP contribution in [0.2, 0.25) is 5.02 Å². The van der Waals surface area contributed by atoms with Gasteiger partial charge in [-0.3, -0.25) is 9.78 Å². The Kier molecular flexibility index (Phi) is 6.07. The molecule has 3 aromatic rings. The molecular formula is C23H24ClFN2O2S. The quantitative estimate of drug-likeness (QED) is 0.467. The van der Waals surface area contributed by atoms with Gasteiger partial charge in [-0.05, 0) is 48.9 Å². The standard InChI is InChI=1S/C23H24ClFN2O2S/c1-13(2)8-15-11-26-12-18-21(15)23(30-19-6-5-16(25)10-17(19)24)22-14(9-20(28)29)4-3-7-27(18)22/h5-6,10-14H,3-4,7-9H2,1-2H3,(H,28,29). The Morgan fingerprint density at radius 3 is 2.90 bits per heavy atom. The van der Waals surface area contributed by atoms with Crippen LogP contribution in [0.4, 0.5) is 4.39 Å². The minimum absolute atomic E-state index is 0.0720. The highest BCUT2D eigenvalue weighted by molar-refractivity contribution is 7.99. The fraction of sp³-hybridized carbons (Fsp3) is 0.391. The van der Waals surface area contributed by atoms with Crippen molar-refractivity contribution in [3.63, 3.8) is 0 Å². The lowest BCUT2D eigenvalue weighted by molar-refractivity contribution is -0.137. The Hall–Kier alpha value is -2.05. The molecule has 7 heteroatoms. The SMILES string of the molecule is CC(C)Cc1cncc2c1c(Sc1ccc(F)cc1Cl)c1n2CCCC1CC(=O)O. The third kappa shape index (κ3) is 4.08. The first-order valence-corrected chi connectivity index (χ1v) is 11.4. The first-order chi connectivity index (χ1) is 14.3. The van der Waals surface area contributed by atoms with Gasteiger partial charge in [0, 0.05) is 39.5 Å².